The van der Waals surface area contributed by atoms with Gasteiger partial charge in [0.2, 0.25) is 17.8 Å². The van der Waals surface area contributed by atoms with Gasteiger partial charge < -0.3 is 14.8 Å². The van der Waals surface area contributed by atoms with Crippen LogP contribution in [-0.4, -0.2) is 22.9 Å². The predicted octanol–water partition coefficient (Wildman–Crippen LogP) is 3.50. The number of carbonyl (C=O) groups is 1. The molecule has 0 atom stereocenters. The molecular formula is C17H19N3O3S. The molecule has 4 rings (SSSR count). The van der Waals surface area contributed by atoms with E-state index < -0.39 is 0 Å². The largest absolute Gasteiger partial charge is 0.454 e. The van der Waals surface area contributed by atoms with E-state index in [0.29, 0.717) is 16.8 Å². The zero-order valence-corrected chi connectivity index (χ0v) is 14.1. The molecule has 0 unspecified atom stereocenters. The van der Waals surface area contributed by atoms with E-state index in [1.54, 1.807) is 0 Å². The Morgan fingerprint density at radius 3 is 2.88 bits per heavy atom. The molecular weight excluding hydrogens is 326 g/mol. The Labute approximate surface area is 144 Å². The van der Waals surface area contributed by atoms with E-state index in [1.807, 2.05) is 18.2 Å². The van der Waals surface area contributed by atoms with Crippen molar-refractivity contribution in [2.45, 2.75) is 44.4 Å². The highest BCUT2D eigenvalue weighted by Gasteiger charge is 2.20. The summed E-state index contributed by atoms with van der Waals surface area (Å²) in [4.78, 5) is 12.2. The van der Waals surface area contributed by atoms with Gasteiger partial charge >= 0.3 is 0 Å². The lowest BCUT2D eigenvalue weighted by Crippen LogP contribution is -2.14. The summed E-state index contributed by atoms with van der Waals surface area (Å²) < 4.78 is 10.6. The number of nitrogens with one attached hydrogen (secondary N) is 1. The monoisotopic (exact) mass is 345 g/mol. The first-order valence-corrected chi connectivity index (χ1v) is 9.11. The molecule has 6 nitrogen and oxygen atoms in total. The van der Waals surface area contributed by atoms with Crippen LogP contribution in [0.2, 0.25) is 0 Å². The second-order valence-electron chi connectivity index (χ2n) is 6.19. The van der Waals surface area contributed by atoms with E-state index >= 15 is 0 Å². The Balaban J connectivity index is 1.36. The van der Waals surface area contributed by atoms with Gasteiger partial charge in [-0.05, 0) is 30.5 Å². The lowest BCUT2D eigenvalue weighted by molar-refractivity contribution is -0.115. The van der Waals surface area contributed by atoms with Gasteiger partial charge in [-0.1, -0.05) is 36.7 Å². The first-order chi connectivity index (χ1) is 11.8. The van der Waals surface area contributed by atoms with Crippen molar-refractivity contribution >= 4 is 22.4 Å². The minimum Gasteiger partial charge on any atom is -0.454 e. The normalized spacial score (nSPS) is 17.0. The van der Waals surface area contributed by atoms with E-state index in [9.17, 15) is 4.79 Å². The fraction of sp³-hybridized carbons (Fsp3) is 0.471. The highest BCUT2D eigenvalue weighted by atomic mass is 32.1. The summed E-state index contributed by atoms with van der Waals surface area (Å²) >= 11 is 1.50. The van der Waals surface area contributed by atoms with Gasteiger partial charge in [-0.25, -0.2) is 0 Å². The molecule has 1 saturated carbocycles. The summed E-state index contributed by atoms with van der Waals surface area (Å²) in [6, 6.07) is 5.55. The van der Waals surface area contributed by atoms with Gasteiger partial charge in [0.15, 0.2) is 11.5 Å². The van der Waals surface area contributed by atoms with Crippen LogP contribution < -0.4 is 14.8 Å². The van der Waals surface area contributed by atoms with Crippen molar-refractivity contribution in [3.63, 3.8) is 0 Å². The number of fused-ring (bicyclic) bond motifs is 1. The van der Waals surface area contributed by atoms with Gasteiger partial charge in [0.05, 0.1) is 6.42 Å². The number of nitrogens with zero attached hydrogens (tertiary/aromatic N) is 2. The molecule has 24 heavy (non-hydrogen) atoms. The Morgan fingerprint density at radius 1 is 1.17 bits per heavy atom. The molecule has 0 saturated heterocycles. The van der Waals surface area contributed by atoms with E-state index in [-0.39, 0.29) is 19.1 Å². The molecule has 126 valence electrons. The van der Waals surface area contributed by atoms with Crippen LogP contribution in [0.15, 0.2) is 18.2 Å². The maximum atomic E-state index is 12.2. The molecule has 1 N–H and O–H groups in total. The van der Waals surface area contributed by atoms with Gasteiger partial charge in [-0.15, -0.1) is 10.2 Å². The minimum atomic E-state index is -0.0970. The topological polar surface area (TPSA) is 73.3 Å². The number of rotatable bonds is 4. The predicted molar refractivity (Wildman–Crippen MR) is 90.6 cm³/mol. The molecule has 7 heteroatoms. The number of benzene rings is 1. The van der Waals surface area contributed by atoms with Crippen LogP contribution in [0.5, 0.6) is 11.5 Å². The molecule has 1 fully saturated rings. The first kappa shape index (κ1) is 15.4. The lowest BCUT2D eigenvalue weighted by atomic mass is 9.90. The van der Waals surface area contributed by atoms with E-state index in [2.05, 4.69) is 15.5 Å². The summed E-state index contributed by atoms with van der Waals surface area (Å²) in [6.45, 7) is 0.236. The van der Waals surface area contributed by atoms with Crippen LogP contribution >= 0.6 is 11.3 Å². The first-order valence-electron chi connectivity index (χ1n) is 8.30. The number of hydrogen-bond donors (Lipinski definition) is 1. The van der Waals surface area contributed by atoms with Crippen molar-refractivity contribution in [3.05, 3.63) is 28.8 Å². The second kappa shape index (κ2) is 6.76. The zero-order valence-electron chi connectivity index (χ0n) is 13.3. The Morgan fingerprint density at radius 2 is 2.00 bits per heavy atom. The van der Waals surface area contributed by atoms with E-state index in [4.69, 9.17) is 9.47 Å². The molecule has 0 radical (unpaired) electrons. The summed E-state index contributed by atoms with van der Waals surface area (Å²) in [7, 11) is 0. The van der Waals surface area contributed by atoms with Crippen molar-refractivity contribution in [3.8, 4) is 11.5 Å². The summed E-state index contributed by atoms with van der Waals surface area (Å²) in [5, 5.41) is 12.9. The van der Waals surface area contributed by atoms with E-state index in [0.717, 1.165) is 16.3 Å². The third-order valence-corrected chi connectivity index (χ3v) is 5.44. The SMILES string of the molecule is O=C(Cc1ccc2c(c1)OCO2)Nc1nnc(C2CCCCC2)s1. The molecule has 1 aliphatic carbocycles. The molecule has 2 aromatic rings. The van der Waals surface area contributed by atoms with Gasteiger partial charge in [-0.2, -0.15) is 0 Å². The Bertz CT molecular complexity index is 740. The van der Waals surface area contributed by atoms with Crippen LogP contribution in [0.25, 0.3) is 0 Å². The zero-order chi connectivity index (χ0) is 16.4. The van der Waals surface area contributed by atoms with Crippen LogP contribution in [0, 0.1) is 0 Å². The molecule has 1 aromatic heterocycles. The highest BCUT2D eigenvalue weighted by Crippen LogP contribution is 2.35. The maximum absolute atomic E-state index is 12.2. The highest BCUT2D eigenvalue weighted by molar-refractivity contribution is 7.15. The Hall–Kier alpha value is -2.15. The number of aromatic nitrogens is 2. The second-order valence-corrected chi connectivity index (χ2v) is 7.20. The number of amides is 1. The molecule has 1 aliphatic heterocycles. The van der Waals surface area contributed by atoms with Crippen LogP contribution in [0.3, 0.4) is 0 Å². The lowest BCUT2D eigenvalue weighted by Gasteiger charge is -2.18. The van der Waals surface area contributed by atoms with Gasteiger partial charge in [0.1, 0.15) is 5.01 Å². The van der Waals surface area contributed by atoms with Crippen molar-refractivity contribution in [1.29, 1.82) is 0 Å². The van der Waals surface area contributed by atoms with Gasteiger partial charge in [0.25, 0.3) is 0 Å². The van der Waals surface area contributed by atoms with Gasteiger partial charge in [0, 0.05) is 5.92 Å². The average molecular weight is 345 g/mol. The number of hydrogen-bond acceptors (Lipinski definition) is 6. The smallest absolute Gasteiger partial charge is 0.231 e. The van der Waals surface area contributed by atoms with Crippen LogP contribution in [-0.2, 0) is 11.2 Å². The van der Waals surface area contributed by atoms with Crippen molar-refractivity contribution in [2.75, 3.05) is 12.1 Å². The van der Waals surface area contributed by atoms with Crippen molar-refractivity contribution in [2.24, 2.45) is 0 Å². The molecule has 1 amide bonds. The minimum absolute atomic E-state index is 0.0970. The number of anilines is 1. The third-order valence-electron chi connectivity index (χ3n) is 4.44. The van der Waals surface area contributed by atoms with Gasteiger partial charge in [-0.3, -0.25) is 4.79 Å². The summed E-state index contributed by atoms with van der Waals surface area (Å²) in [5.41, 5.74) is 0.883. The fourth-order valence-corrected chi connectivity index (χ4v) is 4.13. The van der Waals surface area contributed by atoms with Crippen LogP contribution in [0.1, 0.15) is 48.6 Å². The molecule has 0 bridgehead atoms. The molecule has 1 aromatic carbocycles. The molecule has 2 aliphatic rings. The number of ether oxygens (including phenoxy) is 2. The third kappa shape index (κ3) is 3.36. The fourth-order valence-electron chi connectivity index (χ4n) is 3.20. The molecule has 2 heterocycles. The van der Waals surface area contributed by atoms with Crippen molar-refractivity contribution < 1.29 is 14.3 Å². The standard InChI is InChI=1S/C17H19N3O3S/c21-15(9-11-6-7-13-14(8-11)23-10-22-13)18-17-20-19-16(24-17)12-4-2-1-3-5-12/h6-8,12H,1-5,9-10H2,(H,18,20,21). The van der Waals surface area contributed by atoms with E-state index in [1.165, 1.54) is 43.4 Å². The van der Waals surface area contributed by atoms with Crippen LogP contribution in [0.4, 0.5) is 5.13 Å². The summed E-state index contributed by atoms with van der Waals surface area (Å²) in [6.07, 6.45) is 6.47. The summed E-state index contributed by atoms with van der Waals surface area (Å²) in [5.74, 6) is 1.83. The number of carbonyl (C=O) groups excluding carboxylic acids is 1. The van der Waals surface area contributed by atoms with Crippen molar-refractivity contribution in [1.82, 2.24) is 10.2 Å². The Kier molecular flexibility index (Phi) is 4.34. The maximum Gasteiger partial charge on any atom is 0.231 e. The molecule has 0 spiro atoms. The average Bonchev–Trinajstić information content (AvgIpc) is 3.24. The quantitative estimate of drug-likeness (QED) is 0.918.